The highest BCUT2D eigenvalue weighted by molar-refractivity contribution is 5.95. The van der Waals surface area contributed by atoms with Gasteiger partial charge in [-0.25, -0.2) is 9.97 Å². The number of rotatable bonds is 5. The summed E-state index contributed by atoms with van der Waals surface area (Å²) >= 11 is 0. The summed E-state index contributed by atoms with van der Waals surface area (Å²) in [7, 11) is 3.59. The minimum absolute atomic E-state index is 0.0372. The fraction of sp³-hybridized carbons (Fsp3) is 0.389. The first kappa shape index (κ1) is 16.4. The van der Waals surface area contributed by atoms with E-state index >= 15 is 0 Å². The lowest BCUT2D eigenvalue weighted by molar-refractivity contribution is 0.0783. The largest absolute Gasteiger partial charge is 0.357 e. The van der Waals surface area contributed by atoms with Crippen LogP contribution in [0.3, 0.4) is 0 Å². The molecule has 1 fully saturated rings. The molecule has 2 N–H and O–H groups in total. The van der Waals surface area contributed by atoms with Gasteiger partial charge in [-0.1, -0.05) is 18.2 Å². The predicted octanol–water partition coefficient (Wildman–Crippen LogP) is 1.87. The molecule has 1 amide bonds. The second kappa shape index (κ2) is 7.40. The minimum Gasteiger partial charge on any atom is -0.357 e. The van der Waals surface area contributed by atoms with E-state index in [2.05, 4.69) is 26.7 Å². The Morgan fingerprint density at radius 1 is 1.33 bits per heavy atom. The second-order valence-electron chi connectivity index (χ2n) is 6.10. The third kappa shape index (κ3) is 3.54. The van der Waals surface area contributed by atoms with E-state index in [0.717, 1.165) is 36.2 Å². The highest BCUT2D eigenvalue weighted by atomic mass is 16.2. The van der Waals surface area contributed by atoms with E-state index in [9.17, 15) is 4.79 Å². The predicted molar refractivity (Wildman–Crippen MR) is 94.0 cm³/mol. The van der Waals surface area contributed by atoms with Gasteiger partial charge in [0.2, 0.25) is 5.95 Å². The van der Waals surface area contributed by atoms with Gasteiger partial charge in [0.05, 0.1) is 0 Å². The molecular formula is C18H23N5O. The number of hydrogen-bond acceptors (Lipinski definition) is 5. The number of anilines is 1. The lowest BCUT2D eigenvalue weighted by Crippen LogP contribution is -2.28. The van der Waals surface area contributed by atoms with E-state index in [1.54, 1.807) is 24.3 Å². The van der Waals surface area contributed by atoms with Crippen LogP contribution in [0.2, 0.25) is 0 Å². The van der Waals surface area contributed by atoms with Crippen molar-refractivity contribution in [3.8, 4) is 0 Å². The average Bonchev–Trinajstić information content (AvgIpc) is 3.16. The molecule has 0 saturated carbocycles. The number of benzene rings is 1. The number of hydrogen-bond donors (Lipinski definition) is 2. The number of nitrogens with one attached hydrogen (secondary N) is 2. The molecular weight excluding hydrogens is 302 g/mol. The van der Waals surface area contributed by atoms with Crippen molar-refractivity contribution in [1.29, 1.82) is 0 Å². The molecule has 0 bridgehead atoms. The van der Waals surface area contributed by atoms with E-state index in [0.29, 0.717) is 18.4 Å². The van der Waals surface area contributed by atoms with E-state index in [1.165, 1.54) is 0 Å². The molecule has 0 aliphatic carbocycles. The average molecular weight is 325 g/mol. The molecule has 0 unspecified atom stereocenters. The third-order valence-electron chi connectivity index (χ3n) is 4.39. The number of carbonyl (C=O) groups excluding carboxylic acids is 1. The molecule has 1 aromatic heterocycles. The van der Waals surface area contributed by atoms with Gasteiger partial charge in [0, 0.05) is 50.7 Å². The van der Waals surface area contributed by atoms with Gasteiger partial charge in [0.1, 0.15) is 0 Å². The third-order valence-corrected chi connectivity index (χ3v) is 4.39. The molecule has 126 valence electrons. The van der Waals surface area contributed by atoms with Crippen molar-refractivity contribution >= 4 is 11.9 Å². The van der Waals surface area contributed by atoms with Crippen LogP contribution in [0, 0.1) is 0 Å². The van der Waals surface area contributed by atoms with Crippen LogP contribution in [-0.2, 0) is 6.54 Å². The Kier molecular flexibility index (Phi) is 5.05. The van der Waals surface area contributed by atoms with E-state index in [1.807, 2.05) is 25.2 Å². The van der Waals surface area contributed by atoms with Crippen molar-refractivity contribution in [3.05, 3.63) is 53.3 Å². The lowest BCUT2D eigenvalue weighted by atomic mass is 9.93. The van der Waals surface area contributed by atoms with Crippen LogP contribution in [0.15, 0.2) is 36.7 Å². The minimum atomic E-state index is 0.0372. The molecule has 24 heavy (non-hydrogen) atoms. The summed E-state index contributed by atoms with van der Waals surface area (Å²) in [6.45, 7) is 2.44. The Bertz CT molecular complexity index is 695. The van der Waals surface area contributed by atoms with Crippen molar-refractivity contribution < 1.29 is 4.79 Å². The Morgan fingerprint density at radius 3 is 2.75 bits per heavy atom. The first-order chi connectivity index (χ1) is 11.7. The van der Waals surface area contributed by atoms with Gasteiger partial charge in [0.15, 0.2) is 0 Å². The normalized spacial score (nSPS) is 16.8. The van der Waals surface area contributed by atoms with Crippen LogP contribution in [-0.4, -0.2) is 48.0 Å². The summed E-state index contributed by atoms with van der Waals surface area (Å²) in [6, 6.07) is 7.93. The highest BCUT2D eigenvalue weighted by Gasteiger charge is 2.23. The Hall–Kier alpha value is -2.47. The molecule has 1 aromatic carbocycles. The summed E-state index contributed by atoms with van der Waals surface area (Å²) < 4.78 is 0. The van der Waals surface area contributed by atoms with E-state index < -0.39 is 0 Å². The second-order valence-corrected chi connectivity index (χ2v) is 6.10. The zero-order valence-corrected chi connectivity index (χ0v) is 14.1. The van der Waals surface area contributed by atoms with Gasteiger partial charge >= 0.3 is 0 Å². The monoisotopic (exact) mass is 325 g/mol. The fourth-order valence-electron chi connectivity index (χ4n) is 3.08. The van der Waals surface area contributed by atoms with Crippen molar-refractivity contribution in [3.63, 3.8) is 0 Å². The van der Waals surface area contributed by atoms with Gasteiger partial charge in [-0.15, -0.1) is 0 Å². The Labute approximate surface area is 142 Å². The molecule has 2 aromatic rings. The molecule has 0 radical (unpaired) electrons. The van der Waals surface area contributed by atoms with Gasteiger partial charge < -0.3 is 15.5 Å². The van der Waals surface area contributed by atoms with Crippen LogP contribution < -0.4 is 10.6 Å². The SMILES string of the molecule is CNc1ncc(CN(C)C(=O)c2ccccc2[C@@H]2CCNC2)cn1. The van der Waals surface area contributed by atoms with Gasteiger partial charge in [-0.2, -0.15) is 0 Å². The number of amides is 1. The maximum absolute atomic E-state index is 12.9. The molecule has 0 spiro atoms. The summed E-state index contributed by atoms with van der Waals surface area (Å²) in [5.74, 6) is 1.03. The zero-order valence-electron chi connectivity index (χ0n) is 14.1. The van der Waals surface area contributed by atoms with Gasteiger partial charge in [-0.05, 0) is 30.5 Å². The highest BCUT2D eigenvalue weighted by Crippen LogP contribution is 2.26. The first-order valence-corrected chi connectivity index (χ1v) is 8.23. The molecule has 1 aliphatic heterocycles. The quantitative estimate of drug-likeness (QED) is 0.878. The van der Waals surface area contributed by atoms with E-state index in [4.69, 9.17) is 0 Å². The summed E-state index contributed by atoms with van der Waals surface area (Å²) in [5.41, 5.74) is 2.84. The lowest BCUT2D eigenvalue weighted by Gasteiger charge is -2.21. The molecule has 6 heteroatoms. The summed E-state index contributed by atoms with van der Waals surface area (Å²) in [5, 5.41) is 6.26. The van der Waals surface area contributed by atoms with Crippen molar-refractivity contribution in [2.75, 3.05) is 32.5 Å². The maximum atomic E-state index is 12.9. The van der Waals surface area contributed by atoms with Gasteiger partial charge in [0.25, 0.3) is 5.91 Å². The Morgan fingerprint density at radius 2 is 2.08 bits per heavy atom. The smallest absolute Gasteiger partial charge is 0.254 e. The van der Waals surface area contributed by atoms with Crippen LogP contribution in [0.4, 0.5) is 5.95 Å². The summed E-state index contributed by atoms with van der Waals surface area (Å²) in [6.07, 6.45) is 4.57. The van der Waals surface area contributed by atoms with Gasteiger partial charge in [-0.3, -0.25) is 4.79 Å². The zero-order chi connectivity index (χ0) is 16.9. The molecule has 1 saturated heterocycles. The number of carbonyl (C=O) groups is 1. The van der Waals surface area contributed by atoms with Crippen LogP contribution in [0.25, 0.3) is 0 Å². The van der Waals surface area contributed by atoms with E-state index in [-0.39, 0.29) is 5.91 Å². The Balaban J connectivity index is 1.75. The molecule has 2 heterocycles. The number of nitrogens with zero attached hydrogens (tertiary/aromatic N) is 3. The van der Waals surface area contributed by atoms with Crippen LogP contribution in [0.1, 0.15) is 33.8 Å². The number of aromatic nitrogens is 2. The van der Waals surface area contributed by atoms with Crippen molar-refractivity contribution in [2.24, 2.45) is 0 Å². The maximum Gasteiger partial charge on any atom is 0.254 e. The standard InChI is InChI=1S/C18H23N5O/c1-19-18-21-9-13(10-22-18)12-23(2)17(24)16-6-4-3-5-15(16)14-7-8-20-11-14/h3-6,9-10,14,20H,7-8,11-12H2,1-2H3,(H,19,21,22)/t14-/m1/s1. The first-order valence-electron chi connectivity index (χ1n) is 8.23. The van der Waals surface area contributed by atoms with Crippen molar-refractivity contribution in [2.45, 2.75) is 18.9 Å². The topological polar surface area (TPSA) is 70.2 Å². The molecule has 3 rings (SSSR count). The molecule has 1 atom stereocenters. The summed E-state index contributed by atoms with van der Waals surface area (Å²) in [4.78, 5) is 23.0. The molecule has 6 nitrogen and oxygen atoms in total. The van der Waals surface area contributed by atoms with Crippen LogP contribution in [0.5, 0.6) is 0 Å². The molecule has 1 aliphatic rings. The fourth-order valence-corrected chi connectivity index (χ4v) is 3.08. The van der Waals surface area contributed by atoms with Crippen LogP contribution >= 0.6 is 0 Å². The van der Waals surface area contributed by atoms with Crippen molar-refractivity contribution in [1.82, 2.24) is 20.2 Å².